The second-order valence-corrected chi connectivity index (χ2v) is 4.47. The molecule has 94 valence electrons. The van der Waals surface area contributed by atoms with Crippen LogP contribution in [0.4, 0.5) is 0 Å². The van der Waals surface area contributed by atoms with Crippen LogP contribution in [-0.2, 0) is 6.42 Å². The average Bonchev–Trinajstić information content (AvgIpc) is 2.85. The summed E-state index contributed by atoms with van der Waals surface area (Å²) in [5, 5.41) is 7.45. The van der Waals surface area contributed by atoms with Gasteiger partial charge in [0.05, 0.1) is 0 Å². The standard InChI is InChI=1S/C12H10Cl2N2O2/c13-9-2-1-8(10(14)7-9)3-5-15-12(17)11-4-6-18-16-11/h1-2,4,6-7H,3,5H2,(H,15,17). The Morgan fingerprint density at radius 2 is 2.17 bits per heavy atom. The topological polar surface area (TPSA) is 55.1 Å². The minimum absolute atomic E-state index is 0.261. The molecule has 18 heavy (non-hydrogen) atoms. The van der Waals surface area contributed by atoms with Crippen molar-refractivity contribution in [2.24, 2.45) is 0 Å². The van der Waals surface area contributed by atoms with Crippen LogP contribution in [0.15, 0.2) is 35.1 Å². The van der Waals surface area contributed by atoms with Crippen LogP contribution in [0.25, 0.3) is 0 Å². The maximum absolute atomic E-state index is 11.5. The van der Waals surface area contributed by atoms with Crippen molar-refractivity contribution in [3.8, 4) is 0 Å². The van der Waals surface area contributed by atoms with Crippen LogP contribution in [0, 0.1) is 0 Å². The van der Waals surface area contributed by atoms with Crippen molar-refractivity contribution in [1.29, 1.82) is 0 Å². The van der Waals surface area contributed by atoms with Crippen LogP contribution in [0.1, 0.15) is 16.1 Å². The highest BCUT2D eigenvalue weighted by atomic mass is 35.5. The second-order valence-electron chi connectivity index (χ2n) is 3.63. The summed E-state index contributed by atoms with van der Waals surface area (Å²) in [5.41, 5.74) is 1.19. The lowest BCUT2D eigenvalue weighted by molar-refractivity contribution is 0.0945. The molecule has 0 saturated carbocycles. The van der Waals surface area contributed by atoms with E-state index in [-0.39, 0.29) is 11.6 Å². The molecule has 2 rings (SSSR count). The monoisotopic (exact) mass is 284 g/mol. The summed E-state index contributed by atoms with van der Waals surface area (Å²) >= 11 is 11.8. The Balaban J connectivity index is 1.87. The van der Waals surface area contributed by atoms with Crippen LogP contribution in [0.3, 0.4) is 0 Å². The molecule has 0 atom stereocenters. The molecule has 1 amide bonds. The highest BCUT2D eigenvalue weighted by molar-refractivity contribution is 6.35. The number of rotatable bonds is 4. The molecule has 0 bridgehead atoms. The van der Waals surface area contributed by atoms with Crippen LogP contribution in [-0.4, -0.2) is 17.6 Å². The molecule has 1 aromatic heterocycles. The molecule has 0 aliphatic rings. The summed E-state index contributed by atoms with van der Waals surface area (Å²) in [6, 6.07) is 6.79. The number of benzene rings is 1. The van der Waals surface area contributed by atoms with E-state index in [9.17, 15) is 4.79 Å². The van der Waals surface area contributed by atoms with Gasteiger partial charge in [-0.3, -0.25) is 4.79 Å². The van der Waals surface area contributed by atoms with Crippen molar-refractivity contribution in [1.82, 2.24) is 10.5 Å². The van der Waals surface area contributed by atoms with E-state index in [1.165, 1.54) is 12.3 Å². The summed E-state index contributed by atoms with van der Waals surface area (Å²) in [5.74, 6) is -0.270. The zero-order chi connectivity index (χ0) is 13.0. The van der Waals surface area contributed by atoms with Gasteiger partial charge >= 0.3 is 0 Å². The van der Waals surface area contributed by atoms with Crippen LogP contribution in [0.2, 0.25) is 10.0 Å². The van der Waals surface area contributed by atoms with Gasteiger partial charge in [-0.1, -0.05) is 34.4 Å². The van der Waals surface area contributed by atoms with E-state index in [1.807, 2.05) is 6.07 Å². The molecular formula is C12H10Cl2N2O2. The number of hydrogen-bond donors (Lipinski definition) is 1. The van der Waals surface area contributed by atoms with E-state index in [0.29, 0.717) is 23.0 Å². The number of amides is 1. The first-order valence-corrected chi connectivity index (χ1v) is 6.05. The first-order chi connectivity index (χ1) is 8.66. The van der Waals surface area contributed by atoms with E-state index in [1.54, 1.807) is 12.1 Å². The lowest BCUT2D eigenvalue weighted by atomic mass is 10.1. The normalized spacial score (nSPS) is 10.3. The third-order valence-corrected chi connectivity index (χ3v) is 2.95. The maximum atomic E-state index is 11.5. The molecule has 4 nitrogen and oxygen atoms in total. The predicted molar refractivity (Wildman–Crippen MR) is 69.0 cm³/mol. The Hall–Kier alpha value is -1.52. The molecule has 2 aromatic rings. The molecule has 0 radical (unpaired) electrons. The smallest absolute Gasteiger partial charge is 0.273 e. The summed E-state index contributed by atoms with van der Waals surface area (Å²) in [4.78, 5) is 11.5. The molecule has 0 spiro atoms. The van der Waals surface area contributed by atoms with Gasteiger partial charge in [0.25, 0.3) is 5.91 Å². The van der Waals surface area contributed by atoms with Gasteiger partial charge in [-0.2, -0.15) is 0 Å². The van der Waals surface area contributed by atoms with E-state index in [4.69, 9.17) is 23.2 Å². The SMILES string of the molecule is O=C(NCCc1ccc(Cl)cc1Cl)c1ccon1. The van der Waals surface area contributed by atoms with Crippen LogP contribution >= 0.6 is 23.2 Å². The minimum Gasteiger partial charge on any atom is -0.364 e. The third-order valence-electron chi connectivity index (χ3n) is 2.37. The lowest BCUT2D eigenvalue weighted by Gasteiger charge is -2.05. The fourth-order valence-electron chi connectivity index (χ4n) is 1.46. The zero-order valence-corrected chi connectivity index (χ0v) is 10.8. The largest absolute Gasteiger partial charge is 0.364 e. The molecule has 0 aliphatic heterocycles. The van der Waals surface area contributed by atoms with E-state index < -0.39 is 0 Å². The molecule has 0 aliphatic carbocycles. The molecule has 1 aromatic carbocycles. The molecule has 1 N–H and O–H groups in total. The van der Waals surface area contributed by atoms with E-state index in [2.05, 4.69) is 15.0 Å². The Morgan fingerprint density at radius 1 is 1.33 bits per heavy atom. The number of halogens is 2. The Morgan fingerprint density at radius 3 is 2.83 bits per heavy atom. The average molecular weight is 285 g/mol. The van der Waals surface area contributed by atoms with Crippen LogP contribution in [0.5, 0.6) is 0 Å². The summed E-state index contributed by atoms with van der Waals surface area (Å²) < 4.78 is 4.59. The number of aromatic nitrogens is 1. The van der Waals surface area contributed by atoms with Crippen molar-refractivity contribution in [3.05, 3.63) is 51.8 Å². The van der Waals surface area contributed by atoms with Gasteiger partial charge in [-0.15, -0.1) is 0 Å². The number of nitrogens with one attached hydrogen (secondary N) is 1. The van der Waals surface area contributed by atoms with Gasteiger partial charge < -0.3 is 9.84 Å². The zero-order valence-electron chi connectivity index (χ0n) is 9.32. The fourth-order valence-corrected chi connectivity index (χ4v) is 1.96. The molecule has 1 heterocycles. The molecular weight excluding hydrogens is 275 g/mol. The lowest BCUT2D eigenvalue weighted by Crippen LogP contribution is -2.25. The summed E-state index contributed by atoms with van der Waals surface area (Å²) in [6.07, 6.45) is 1.98. The van der Waals surface area contributed by atoms with Crippen molar-refractivity contribution < 1.29 is 9.32 Å². The highest BCUT2D eigenvalue weighted by Crippen LogP contribution is 2.21. The van der Waals surface area contributed by atoms with E-state index in [0.717, 1.165) is 5.56 Å². The number of nitrogens with zero attached hydrogens (tertiary/aromatic N) is 1. The fraction of sp³-hybridized carbons (Fsp3) is 0.167. The second kappa shape index (κ2) is 5.89. The molecule has 0 saturated heterocycles. The Labute approximate surface area is 114 Å². The first-order valence-electron chi connectivity index (χ1n) is 5.29. The summed E-state index contributed by atoms with van der Waals surface area (Å²) in [6.45, 7) is 0.465. The quantitative estimate of drug-likeness (QED) is 0.939. The highest BCUT2D eigenvalue weighted by Gasteiger charge is 2.08. The van der Waals surface area contributed by atoms with Crippen molar-refractivity contribution >= 4 is 29.1 Å². The number of carbonyl (C=O) groups is 1. The maximum Gasteiger partial charge on any atom is 0.273 e. The predicted octanol–water partition coefficient (Wildman–Crippen LogP) is 2.95. The van der Waals surface area contributed by atoms with Crippen molar-refractivity contribution in [3.63, 3.8) is 0 Å². The van der Waals surface area contributed by atoms with Gasteiger partial charge in [0, 0.05) is 22.7 Å². The van der Waals surface area contributed by atoms with Gasteiger partial charge in [-0.25, -0.2) is 0 Å². The van der Waals surface area contributed by atoms with Crippen LogP contribution < -0.4 is 5.32 Å². The Bertz CT molecular complexity index is 541. The van der Waals surface area contributed by atoms with Gasteiger partial charge in [0.2, 0.25) is 0 Å². The molecule has 0 fully saturated rings. The van der Waals surface area contributed by atoms with Gasteiger partial charge in [0.1, 0.15) is 6.26 Å². The number of hydrogen-bond acceptors (Lipinski definition) is 3. The number of carbonyl (C=O) groups excluding carboxylic acids is 1. The third kappa shape index (κ3) is 3.24. The minimum atomic E-state index is -0.270. The van der Waals surface area contributed by atoms with Crippen molar-refractivity contribution in [2.75, 3.05) is 6.54 Å². The van der Waals surface area contributed by atoms with E-state index >= 15 is 0 Å². The molecule has 0 unspecified atom stereocenters. The molecule has 6 heteroatoms. The van der Waals surface area contributed by atoms with Crippen molar-refractivity contribution in [2.45, 2.75) is 6.42 Å². The Kier molecular flexibility index (Phi) is 4.23. The van der Waals surface area contributed by atoms with Gasteiger partial charge in [-0.05, 0) is 24.1 Å². The first kappa shape index (κ1) is 12.9. The van der Waals surface area contributed by atoms with Gasteiger partial charge in [0.15, 0.2) is 5.69 Å². The summed E-state index contributed by atoms with van der Waals surface area (Å²) in [7, 11) is 0.